The van der Waals surface area contributed by atoms with Gasteiger partial charge in [-0.15, -0.1) is 0 Å². The zero-order valence-electron chi connectivity index (χ0n) is 17.4. The van der Waals surface area contributed by atoms with Gasteiger partial charge < -0.3 is 5.32 Å². The van der Waals surface area contributed by atoms with E-state index in [9.17, 15) is 9.59 Å². The summed E-state index contributed by atoms with van der Waals surface area (Å²) in [6.45, 7) is 0.642. The number of aromatic nitrogens is 4. The van der Waals surface area contributed by atoms with E-state index in [0.29, 0.717) is 17.4 Å². The van der Waals surface area contributed by atoms with Crippen LogP contribution in [0.4, 0.5) is 0 Å². The molecular weight excluding hydrogens is 470 g/mol. The van der Waals surface area contributed by atoms with Gasteiger partial charge in [-0.3, -0.25) is 18.8 Å². The largest absolute Gasteiger partial charge is 0.348 e. The van der Waals surface area contributed by atoms with Crippen molar-refractivity contribution in [3.05, 3.63) is 92.7 Å². The van der Waals surface area contributed by atoms with E-state index in [1.165, 1.54) is 22.2 Å². The van der Waals surface area contributed by atoms with E-state index in [1.54, 1.807) is 12.1 Å². The molecule has 1 amide bonds. The van der Waals surface area contributed by atoms with Crippen molar-refractivity contribution in [2.45, 2.75) is 38.4 Å². The fraction of sp³-hybridized carbons (Fsp3) is 0.250. The normalized spacial score (nSPS) is 15.5. The number of halogens is 1. The van der Waals surface area contributed by atoms with Crippen LogP contribution in [-0.2, 0) is 24.3 Å². The van der Waals surface area contributed by atoms with Crippen LogP contribution >= 0.6 is 15.9 Å². The highest BCUT2D eigenvalue weighted by molar-refractivity contribution is 9.10. The first-order valence-corrected chi connectivity index (χ1v) is 11.4. The van der Waals surface area contributed by atoms with Crippen molar-refractivity contribution >= 4 is 32.7 Å². The molecule has 1 atom stereocenters. The van der Waals surface area contributed by atoms with Gasteiger partial charge in [0.2, 0.25) is 5.91 Å². The Morgan fingerprint density at radius 2 is 2.03 bits per heavy atom. The van der Waals surface area contributed by atoms with Crippen molar-refractivity contribution in [1.29, 1.82) is 0 Å². The van der Waals surface area contributed by atoms with Gasteiger partial charge in [-0.05, 0) is 43.0 Å². The van der Waals surface area contributed by atoms with E-state index >= 15 is 0 Å². The molecule has 1 aliphatic carbocycles. The van der Waals surface area contributed by atoms with Crippen molar-refractivity contribution in [2.24, 2.45) is 0 Å². The minimum absolute atomic E-state index is 0.0712. The molecule has 5 rings (SSSR count). The van der Waals surface area contributed by atoms with Gasteiger partial charge in [0, 0.05) is 15.7 Å². The number of nitrogens with one attached hydrogen (secondary N) is 1. The average molecular weight is 492 g/mol. The van der Waals surface area contributed by atoms with E-state index in [4.69, 9.17) is 0 Å². The summed E-state index contributed by atoms with van der Waals surface area (Å²) in [5, 5.41) is 8.17. The van der Waals surface area contributed by atoms with Gasteiger partial charge in [-0.25, -0.2) is 4.98 Å². The summed E-state index contributed by atoms with van der Waals surface area (Å²) in [5.41, 5.74) is 3.80. The van der Waals surface area contributed by atoms with Crippen LogP contribution in [0, 0.1) is 0 Å². The summed E-state index contributed by atoms with van der Waals surface area (Å²) in [6.07, 6.45) is 6.07. The van der Waals surface area contributed by atoms with E-state index in [2.05, 4.69) is 43.5 Å². The highest BCUT2D eigenvalue weighted by Gasteiger charge is 2.25. The molecule has 4 aromatic rings. The molecule has 0 saturated heterocycles. The molecule has 1 aliphatic rings. The first-order valence-electron chi connectivity index (χ1n) is 10.6. The Balaban J connectivity index is 1.33. The number of benzene rings is 2. The Morgan fingerprint density at radius 3 is 2.88 bits per heavy atom. The zero-order valence-corrected chi connectivity index (χ0v) is 19.0. The van der Waals surface area contributed by atoms with Crippen LogP contribution in [0.2, 0.25) is 0 Å². The number of hydrogen-bond acceptors (Lipinski definition) is 4. The highest BCUT2D eigenvalue weighted by atomic mass is 79.9. The number of carbonyl (C=O) groups is 1. The van der Waals surface area contributed by atoms with Gasteiger partial charge >= 0.3 is 0 Å². The van der Waals surface area contributed by atoms with Crippen molar-refractivity contribution < 1.29 is 4.79 Å². The second kappa shape index (κ2) is 8.70. The molecule has 2 aromatic carbocycles. The zero-order chi connectivity index (χ0) is 22.1. The lowest BCUT2D eigenvalue weighted by Gasteiger charge is -2.24. The molecule has 0 saturated carbocycles. The van der Waals surface area contributed by atoms with E-state index < -0.39 is 0 Å². The maximum atomic E-state index is 12.8. The molecule has 0 spiro atoms. The molecule has 1 N–H and O–H groups in total. The molecule has 0 aliphatic heterocycles. The molecule has 0 radical (unpaired) electrons. The summed E-state index contributed by atoms with van der Waals surface area (Å²) in [7, 11) is 0. The lowest BCUT2D eigenvalue weighted by atomic mass is 9.93. The predicted molar refractivity (Wildman–Crippen MR) is 125 cm³/mol. The number of fused-ring (bicyclic) bond motifs is 2. The first kappa shape index (κ1) is 20.6. The van der Waals surface area contributed by atoms with Crippen molar-refractivity contribution in [3.63, 3.8) is 0 Å². The lowest BCUT2D eigenvalue weighted by molar-refractivity contribution is -0.122. The van der Waals surface area contributed by atoms with Crippen molar-refractivity contribution in [3.8, 4) is 0 Å². The third-order valence-electron chi connectivity index (χ3n) is 5.87. The molecule has 2 aromatic heterocycles. The molecular formula is C24H22BrN5O2. The van der Waals surface area contributed by atoms with E-state index in [-0.39, 0.29) is 24.1 Å². The fourth-order valence-electron chi connectivity index (χ4n) is 4.30. The quantitative estimate of drug-likeness (QED) is 0.462. The molecule has 0 bridgehead atoms. The Kier molecular flexibility index (Phi) is 5.61. The molecule has 0 fully saturated rings. The molecule has 8 heteroatoms. The number of carbonyl (C=O) groups excluding carboxylic acids is 1. The number of hydrogen-bond donors (Lipinski definition) is 1. The van der Waals surface area contributed by atoms with Crippen LogP contribution in [-0.4, -0.2) is 25.2 Å². The van der Waals surface area contributed by atoms with E-state index in [0.717, 1.165) is 29.3 Å². The summed E-state index contributed by atoms with van der Waals surface area (Å²) in [5.74, 6) is -0.211. The van der Waals surface area contributed by atoms with Crippen LogP contribution < -0.4 is 10.9 Å². The Morgan fingerprint density at radius 1 is 1.19 bits per heavy atom. The van der Waals surface area contributed by atoms with Crippen LogP contribution in [0.25, 0.3) is 10.9 Å². The topological polar surface area (TPSA) is 81.8 Å². The molecule has 2 heterocycles. The third kappa shape index (κ3) is 4.10. The SMILES string of the molecule is O=C(Cn1cnc2ccc(Br)cc2c1=O)NC1CCCc2c1cnn2Cc1ccccc1. The van der Waals surface area contributed by atoms with Crippen molar-refractivity contribution in [1.82, 2.24) is 24.6 Å². The number of rotatable bonds is 5. The maximum Gasteiger partial charge on any atom is 0.261 e. The van der Waals surface area contributed by atoms with E-state index in [1.807, 2.05) is 35.1 Å². The predicted octanol–water partition coefficient (Wildman–Crippen LogP) is 3.60. The maximum absolute atomic E-state index is 12.8. The lowest BCUT2D eigenvalue weighted by Crippen LogP contribution is -2.36. The van der Waals surface area contributed by atoms with Gasteiger partial charge in [0.15, 0.2) is 0 Å². The van der Waals surface area contributed by atoms with Gasteiger partial charge in [-0.1, -0.05) is 46.3 Å². The fourth-order valence-corrected chi connectivity index (χ4v) is 4.66. The molecule has 1 unspecified atom stereocenters. The smallest absolute Gasteiger partial charge is 0.261 e. The third-order valence-corrected chi connectivity index (χ3v) is 6.37. The summed E-state index contributed by atoms with van der Waals surface area (Å²) in [6, 6.07) is 15.5. The van der Waals surface area contributed by atoms with Gasteiger partial charge in [0.05, 0.1) is 36.0 Å². The van der Waals surface area contributed by atoms with Crippen LogP contribution in [0.3, 0.4) is 0 Å². The Hall–Kier alpha value is -3.26. The molecule has 162 valence electrons. The Labute approximate surface area is 193 Å². The van der Waals surface area contributed by atoms with Crippen LogP contribution in [0.1, 0.15) is 35.7 Å². The van der Waals surface area contributed by atoms with Crippen molar-refractivity contribution in [2.75, 3.05) is 0 Å². The van der Waals surface area contributed by atoms with Gasteiger partial charge in [-0.2, -0.15) is 5.10 Å². The van der Waals surface area contributed by atoms with Crippen LogP contribution in [0.5, 0.6) is 0 Å². The second-order valence-electron chi connectivity index (χ2n) is 8.04. The highest BCUT2D eigenvalue weighted by Crippen LogP contribution is 2.30. The summed E-state index contributed by atoms with van der Waals surface area (Å²) < 4.78 is 4.18. The minimum Gasteiger partial charge on any atom is -0.348 e. The summed E-state index contributed by atoms with van der Waals surface area (Å²) >= 11 is 3.38. The molecule has 7 nitrogen and oxygen atoms in total. The van der Waals surface area contributed by atoms with Crippen LogP contribution in [0.15, 0.2) is 70.3 Å². The minimum atomic E-state index is -0.230. The first-order chi connectivity index (χ1) is 15.6. The average Bonchev–Trinajstić information content (AvgIpc) is 3.20. The number of nitrogens with zero attached hydrogens (tertiary/aromatic N) is 4. The number of amides is 1. The standard InChI is InChI=1S/C24H22BrN5O2/c25-17-9-10-20-18(11-17)24(32)29(15-26-20)14-23(31)28-21-7-4-8-22-19(21)12-27-30(22)13-16-5-2-1-3-6-16/h1-3,5-6,9-12,15,21H,4,7-8,13-14H2,(H,28,31). The second-order valence-corrected chi connectivity index (χ2v) is 8.96. The molecule has 32 heavy (non-hydrogen) atoms. The Bertz CT molecular complexity index is 1350. The summed E-state index contributed by atoms with van der Waals surface area (Å²) in [4.78, 5) is 29.9. The van der Waals surface area contributed by atoms with Gasteiger partial charge in [0.25, 0.3) is 5.56 Å². The monoisotopic (exact) mass is 491 g/mol. The van der Waals surface area contributed by atoms with Gasteiger partial charge in [0.1, 0.15) is 6.54 Å².